The quantitative estimate of drug-likeness (QED) is 0.720. The van der Waals surface area contributed by atoms with Crippen LogP contribution in [-0.4, -0.2) is 33.7 Å². The van der Waals surface area contributed by atoms with Crippen molar-refractivity contribution in [2.24, 2.45) is 0 Å². The predicted octanol–water partition coefficient (Wildman–Crippen LogP) is 2.82. The number of methoxy groups -OCH3 is 1. The number of hydrogen-bond donors (Lipinski definition) is 1. The van der Waals surface area contributed by atoms with Gasteiger partial charge in [0.05, 0.1) is 24.6 Å². The molecule has 0 aliphatic carbocycles. The highest BCUT2D eigenvalue weighted by Crippen LogP contribution is 2.29. The lowest BCUT2D eigenvalue weighted by Gasteiger charge is -2.07. The number of fused-ring (bicyclic) bond motifs is 1. The third-order valence-corrected chi connectivity index (χ3v) is 3.51. The first kappa shape index (κ1) is 17.4. The molecule has 7 nitrogen and oxygen atoms in total. The average molecular weight is 364 g/mol. The summed E-state index contributed by atoms with van der Waals surface area (Å²) in [4.78, 5) is 31.3. The Morgan fingerprint density at radius 1 is 1.31 bits per heavy atom. The summed E-state index contributed by atoms with van der Waals surface area (Å²) in [7, 11) is 1.38. The molecule has 0 aliphatic heterocycles. The molecule has 0 radical (unpaired) electrons. The van der Waals surface area contributed by atoms with E-state index in [1.807, 2.05) is 0 Å². The zero-order valence-electron chi connectivity index (χ0n) is 13.2. The Hall–Kier alpha value is -3.43. The first-order valence-electron chi connectivity index (χ1n) is 7.18. The van der Waals surface area contributed by atoms with Crippen molar-refractivity contribution in [3.05, 3.63) is 53.6 Å². The van der Waals surface area contributed by atoms with E-state index in [1.165, 1.54) is 19.4 Å². The number of amides is 1. The molecule has 0 spiro atoms. The Kier molecular flexibility index (Phi) is 4.33. The van der Waals surface area contributed by atoms with Gasteiger partial charge in [0, 0.05) is 24.0 Å². The van der Waals surface area contributed by atoms with E-state index in [9.17, 15) is 22.8 Å². The van der Waals surface area contributed by atoms with Crippen molar-refractivity contribution < 1.29 is 27.5 Å². The minimum absolute atomic E-state index is 0.114. The molecule has 134 valence electrons. The fraction of sp³-hybridized carbons (Fsp3) is 0.125. The molecule has 0 saturated carbocycles. The van der Waals surface area contributed by atoms with Crippen molar-refractivity contribution in [2.45, 2.75) is 6.18 Å². The van der Waals surface area contributed by atoms with Gasteiger partial charge in [-0.3, -0.25) is 9.59 Å². The molecule has 0 unspecified atom stereocenters. The van der Waals surface area contributed by atoms with Crippen molar-refractivity contribution in [3.63, 3.8) is 0 Å². The molecule has 0 saturated heterocycles. The summed E-state index contributed by atoms with van der Waals surface area (Å²) in [5, 5.41) is 2.45. The molecular weight excluding hydrogens is 353 g/mol. The molecule has 0 aliphatic rings. The number of ether oxygens (including phenoxy) is 1. The Morgan fingerprint density at radius 3 is 2.73 bits per heavy atom. The number of aromatic nitrogens is 3. The molecule has 1 amide bonds. The number of aldehydes is 1. The highest BCUT2D eigenvalue weighted by Gasteiger charge is 2.31. The molecule has 0 bridgehead atoms. The molecule has 3 heterocycles. The molecular formula is C16H11F3N4O3. The molecule has 3 aromatic heterocycles. The Balaban J connectivity index is 1.90. The molecule has 3 aromatic rings. The molecule has 0 fully saturated rings. The highest BCUT2D eigenvalue weighted by molar-refractivity contribution is 6.05. The highest BCUT2D eigenvalue weighted by atomic mass is 19.4. The largest absolute Gasteiger partial charge is 0.481 e. The monoisotopic (exact) mass is 364 g/mol. The zero-order valence-corrected chi connectivity index (χ0v) is 13.2. The van der Waals surface area contributed by atoms with Crippen LogP contribution in [0.25, 0.3) is 5.65 Å². The fourth-order valence-corrected chi connectivity index (χ4v) is 2.22. The third kappa shape index (κ3) is 3.34. The van der Waals surface area contributed by atoms with Crippen LogP contribution in [0.3, 0.4) is 0 Å². The van der Waals surface area contributed by atoms with Gasteiger partial charge in [0.1, 0.15) is 11.3 Å². The van der Waals surface area contributed by atoms with Crippen molar-refractivity contribution in [2.75, 3.05) is 12.4 Å². The summed E-state index contributed by atoms with van der Waals surface area (Å²) in [5.41, 5.74) is -0.548. The number of nitrogens with zero attached hydrogens (tertiary/aromatic N) is 3. The van der Waals surface area contributed by atoms with Gasteiger partial charge in [0.15, 0.2) is 6.29 Å². The van der Waals surface area contributed by atoms with Crippen LogP contribution in [0.5, 0.6) is 5.88 Å². The smallest absolute Gasteiger partial charge is 0.417 e. The lowest BCUT2D eigenvalue weighted by atomic mass is 10.2. The van der Waals surface area contributed by atoms with E-state index in [2.05, 4.69) is 15.3 Å². The second-order valence-corrected chi connectivity index (χ2v) is 5.19. The summed E-state index contributed by atoms with van der Waals surface area (Å²) >= 11 is 0. The number of carbonyl (C=O) groups is 2. The maximum absolute atomic E-state index is 12.8. The summed E-state index contributed by atoms with van der Waals surface area (Å²) in [6.07, 6.45) is -0.756. The molecule has 0 aromatic carbocycles. The second kappa shape index (κ2) is 6.47. The number of imidazole rings is 1. The van der Waals surface area contributed by atoms with Gasteiger partial charge in [-0.1, -0.05) is 0 Å². The van der Waals surface area contributed by atoms with E-state index in [4.69, 9.17) is 4.74 Å². The summed E-state index contributed by atoms with van der Waals surface area (Å²) in [6.45, 7) is 0. The zero-order chi connectivity index (χ0) is 18.9. The van der Waals surface area contributed by atoms with E-state index in [0.717, 1.165) is 28.9 Å². The van der Waals surface area contributed by atoms with E-state index < -0.39 is 17.6 Å². The molecule has 3 rings (SSSR count). The van der Waals surface area contributed by atoms with Crippen LogP contribution in [0.4, 0.5) is 18.9 Å². The summed E-state index contributed by atoms with van der Waals surface area (Å²) < 4.78 is 44.2. The first-order valence-corrected chi connectivity index (χ1v) is 7.18. The number of carbonyl (C=O) groups excluding carboxylic acids is 2. The first-order chi connectivity index (χ1) is 12.3. The minimum Gasteiger partial charge on any atom is -0.481 e. The van der Waals surface area contributed by atoms with E-state index in [0.29, 0.717) is 6.29 Å². The maximum atomic E-state index is 12.8. The number of pyridine rings is 2. The SMILES string of the molecule is COc1cc(C=O)c(NC(=O)c2cn3cc(C(F)(F)F)ccc3n2)cn1. The van der Waals surface area contributed by atoms with Crippen molar-refractivity contribution in [3.8, 4) is 5.88 Å². The van der Waals surface area contributed by atoms with Gasteiger partial charge >= 0.3 is 6.18 Å². The Labute approximate surface area is 144 Å². The van der Waals surface area contributed by atoms with Crippen molar-refractivity contribution >= 4 is 23.5 Å². The van der Waals surface area contributed by atoms with Crippen LogP contribution in [0.15, 0.2) is 36.8 Å². The van der Waals surface area contributed by atoms with Crippen LogP contribution >= 0.6 is 0 Å². The minimum atomic E-state index is -4.51. The van der Waals surface area contributed by atoms with Crippen LogP contribution in [-0.2, 0) is 6.18 Å². The molecule has 26 heavy (non-hydrogen) atoms. The molecule has 1 N–H and O–H groups in total. The number of alkyl halides is 3. The second-order valence-electron chi connectivity index (χ2n) is 5.19. The number of anilines is 1. The van der Waals surface area contributed by atoms with Crippen LogP contribution < -0.4 is 10.1 Å². The van der Waals surface area contributed by atoms with Crippen LogP contribution in [0.1, 0.15) is 26.4 Å². The topological polar surface area (TPSA) is 85.6 Å². The van der Waals surface area contributed by atoms with Gasteiger partial charge in [-0.15, -0.1) is 0 Å². The van der Waals surface area contributed by atoms with E-state index in [-0.39, 0.29) is 28.5 Å². The Bertz CT molecular complexity index is 998. The van der Waals surface area contributed by atoms with Gasteiger partial charge in [0.2, 0.25) is 5.88 Å². The lowest BCUT2D eigenvalue weighted by molar-refractivity contribution is -0.137. The maximum Gasteiger partial charge on any atom is 0.417 e. The van der Waals surface area contributed by atoms with Crippen LogP contribution in [0, 0.1) is 0 Å². The van der Waals surface area contributed by atoms with Crippen molar-refractivity contribution in [1.82, 2.24) is 14.4 Å². The summed E-state index contributed by atoms with van der Waals surface area (Å²) in [5.74, 6) is -0.505. The third-order valence-electron chi connectivity index (χ3n) is 3.51. The lowest BCUT2D eigenvalue weighted by Crippen LogP contribution is -2.14. The van der Waals surface area contributed by atoms with Gasteiger partial charge in [-0.2, -0.15) is 13.2 Å². The standard InChI is InChI=1S/C16H11F3N4O3/c1-26-14-4-9(8-24)11(5-20-14)22-15(25)12-7-23-6-10(16(17,18)19)2-3-13(23)21-12/h2-8H,1H3,(H,22,25). The van der Waals surface area contributed by atoms with Gasteiger partial charge in [0.25, 0.3) is 5.91 Å². The molecule has 10 heteroatoms. The molecule has 0 atom stereocenters. The van der Waals surface area contributed by atoms with Gasteiger partial charge < -0.3 is 14.5 Å². The normalized spacial score (nSPS) is 11.4. The predicted molar refractivity (Wildman–Crippen MR) is 84.3 cm³/mol. The Morgan fingerprint density at radius 2 is 2.08 bits per heavy atom. The summed E-state index contributed by atoms with van der Waals surface area (Å²) in [6, 6.07) is 3.37. The number of rotatable bonds is 4. The van der Waals surface area contributed by atoms with E-state index >= 15 is 0 Å². The van der Waals surface area contributed by atoms with Gasteiger partial charge in [-0.05, 0) is 12.1 Å². The van der Waals surface area contributed by atoms with Crippen molar-refractivity contribution in [1.29, 1.82) is 0 Å². The average Bonchev–Trinajstić information content (AvgIpc) is 3.04. The number of halogens is 3. The fourth-order valence-electron chi connectivity index (χ4n) is 2.22. The van der Waals surface area contributed by atoms with Crippen LogP contribution in [0.2, 0.25) is 0 Å². The van der Waals surface area contributed by atoms with E-state index in [1.54, 1.807) is 0 Å². The van der Waals surface area contributed by atoms with Gasteiger partial charge in [-0.25, -0.2) is 9.97 Å². The number of hydrogen-bond acceptors (Lipinski definition) is 5. The number of nitrogens with one attached hydrogen (secondary N) is 1.